The van der Waals surface area contributed by atoms with Crippen LogP contribution in [0.25, 0.3) is 0 Å². The molecule has 0 spiro atoms. The van der Waals surface area contributed by atoms with E-state index in [0.717, 1.165) is 11.6 Å². The normalized spacial score (nSPS) is 10.9. The van der Waals surface area contributed by atoms with E-state index in [1.165, 1.54) is 0 Å². The molecule has 0 saturated heterocycles. The molecule has 0 heterocycles. The minimum atomic E-state index is -3.34. The van der Waals surface area contributed by atoms with E-state index >= 15 is 0 Å². The van der Waals surface area contributed by atoms with E-state index in [4.69, 9.17) is 5.26 Å². The molecule has 0 aromatic heterocycles. The second-order valence-electron chi connectivity index (χ2n) is 2.55. The monoisotopic (exact) mass is 199 g/mol. The van der Waals surface area contributed by atoms with Crippen molar-refractivity contribution in [2.24, 2.45) is 0 Å². The third-order valence-corrected chi connectivity index (χ3v) is 2.20. The van der Waals surface area contributed by atoms with Gasteiger partial charge in [-0.15, -0.1) is 0 Å². The standard InChI is InChI=1S/C9H7F2NS/c1-7-3-2-4-8(5-7)13-9(10,11)6-12/h2-5H,1H3. The predicted molar refractivity (Wildman–Crippen MR) is 47.6 cm³/mol. The molecule has 1 aromatic carbocycles. The van der Waals surface area contributed by atoms with E-state index < -0.39 is 5.25 Å². The summed E-state index contributed by atoms with van der Waals surface area (Å²) in [7, 11) is 0. The molecule has 0 aliphatic heterocycles. The third-order valence-electron chi connectivity index (χ3n) is 1.37. The Kier molecular flexibility index (Phi) is 2.89. The average Bonchev–Trinajstić information content (AvgIpc) is 2.03. The molecule has 1 rings (SSSR count). The van der Waals surface area contributed by atoms with Gasteiger partial charge in [-0.25, -0.2) is 0 Å². The van der Waals surface area contributed by atoms with Crippen LogP contribution in [-0.4, -0.2) is 5.25 Å². The fourth-order valence-corrected chi connectivity index (χ4v) is 1.58. The number of hydrogen-bond donors (Lipinski definition) is 0. The lowest BCUT2D eigenvalue weighted by molar-refractivity contribution is 0.171. The Morgan fingerprint density at radius 2 is 2.15 bits per heavy atom. The summed E-state index contributed by atoms with van der Waals surface area (Å²) in [5, 5.41) is 4.76. The average molecular weight is 199 g/mol. The molecule has 0 aliphatic rings. The van der Waals surface area contributed by atoms with Gasteiger partial charge >= 0.3 is 5.25 Å². The van der Waals surface area contributed by atoms with Crippen molar-refractivity contribution in [3.05, 3.63) is 29.8 Å². The van der Waals surface area contributed by atoms with Crippen LogP contribution < -0.4 is 0 Å². The number of thioether (sulfide) groups is 1. The highest BCUT2D eigenvalue weighted by Gasteiger charge is 2.29. The first-order chi connectivity index (χ1) is 6.03. The molecule has 0 saturated carbocycles. The van der Waals surface area contributed by atoms with Crippen LogP contribution in [0.1, 0.15) is 5.56 Å². The third kappa shape index (κ3) is 3.03. The SMILES string of the molecule is Cc1cccc(SC(F)(F)C#N)c1. The Morgan fingerprint density at radius 1 is 1.46 bits per heavy atom. The maximum Gasteiger partial charge on any atom is 0.384 e. The summed E-state index contributed by atoms with van der Waals surface area (Å²) in [4.78, 5) is 0.409. The molecule has 0 radical (unpaired) electrons. The van der Waals surface area contributed by atoms with Crippen LogP contribution in [0, 0.1) is 18.3 Å². The van der Waals surface area contributed by atoms with Gasteiger partial charge in [-0.3, -0.25) is 0 Å². The number of rotatable bonds is 2. The Balaban J connectivity index is 2.82. The molecular formula is C9H7F2NS. The summed E-state index contributed by atoms with van der Waals surface area (Å²) in [5.41, 5.74) is 0.902. The maximum absolute atomic E-state index is 12.6. The number of nitriles is 1. The molecule has 13 heavy (non-hydrogen) atoms. The number of nitrogens with zero attached hydrogens (tertiary/aromatic N) is 1. The number of hydrogen-bond acceptors (Lipinski definition) is 2. The molecule has 0 fully saturated rings. The van der Waals surface area contributed by atoms with Gasteiger partial charge in [-0.2, -0.15) is 14.0 Å². The summed E-state index contributed by atoms with van der Waals surface area (Å²) >= 11 is 0.266. The number of benzene rings is 1. The Bertz CT molecular complexity index is 344. The zero-order chi connectivity index (χ0) is 9.90. The van der Waals surface area contributed by atoms with Crippen LogP contribution >= 0.6 is 11.8 Å². The number of halogens is 2. The van der Waals surface area contributed by atoms with E-state index in [9.17, 15) is 8.78 Å². The molecule has 0 aliphatic carbocycles. The van der Waals surface area contributed by atoms with E-state index in [0.29, 0.717) is 4.90 Å². The van der Waals surface area contributed by atoms with Gasteiger partial charge in [0, 0.05) is 4.90 Å². The number of aryl methyl sites for hydroxylation is 1. The van der Waals surface area contributed by atoms with Gasteiger partial charge in [0.2, 0.25) is 0 Å². The van der Waals surface area contributed by atoms with Crippen molar-refractivity contribution >= 4 is 11.8 Å². The summed E-state index contributed by atoms with van der Waals surface area (Å²) < 4.78 is 25.1. The minimum Gasteiger partial charge on any atom is -0.191 e. The van der Waals surface area contributed by atoms with Gasteiger partial charge in [0.25, 0.3) is 0 Å². The summed E-state index contributed by atoms with van der Waals surface area (Å²) in [6, 6.07) is 7.62. The molecule has 0 N–H and O–H groups in total. The van der Waals surface area contributed by atoms with E-state index in [1.54, 1.807) is 18.2 Å². The van der Waals surface area contributed by atoms with Crippen molar-refractivity contribution in [2.45, 2.75) is 17.1 Å². The Morgan fingerprint density at radius 3 is 2.69 bits per heavy atom. The quantitative estimate of drug-likeness (QED) is 0.683. The van der Waals surface area contributed by atoms with Crippen LogP contribution in [0.4, 0.5) is 8.78 Å². The Hall–Kier alpha value is -1.08. The van der Waals surface area contributed by atoms with Crippen LogP contribution in [0.3, 0.4) is 0 Å². The number of alkyl halides is 2. The van der Waals surface area contributed by atoms with Crippen molar-refractivity contribution in [2.75, 3.05) is 0 Å². The van der Waals surface area contributed by atoms with Gasteiger partial charge in [-0.05, 0) is 30.8 Å². The van der Waals surface area contributed by atoms with Crippen molar-refractivity contribution in [1.82, 2.24) is 0 Å². The van der Waals surface area contributed by atoms with Gasteiger partial charge in [0.15, 0.2) is 6.07 Å². The zero-order valence-electron chi connectivity index (χ0n) is 6.92. The molecule has 1 nitrogen and oxygen atoms in total. The lowest BCUT2D eigenvalue weighted by Gasteiger charge is -2.06. The van der Waals surface area contributed by atoms with Gasteiger partial charge in [-0.1, -0.05) is 17.7 Å². The largest absolute Gasteiger partial charge is 0.384 e. The second kappa shape index (κ2) is 3.75. The molecule has 0 bridgehead atoms. The molecule has 4 heteroatoms. The molecule has 0 amide bonds. The summed E-state index contributed by atoms with van der Waals surface area (Å²) in [6.07, 6.45) is 0. The zero-order valence-corrected chi connectivity index (χ0v) is 7.74. The maximum atomic E-state index is 12.6. The topological polar surface area (TPSA) is 23.8 Å². The van der Waals surface area contributed by atoms with Gasteiger partial charge < -0.3 is 0 Å². The van der Waals surface area contributed by atoms with Gasteiger partial charge in [0.1, 0.15) is 0 Å². The predicted octanol–water partition coefficient (Wildman–Crippen LogP) is 3.20. The highest BCUT2D eigenvalue weighted by Crippen LogP contribution is 2.35. The van der Waals surface area contributed by atoms with E-state index in [1.807, 2.05) is 13.0 Å². The summed E-state index contributed by atoms with van der Waals surface area (Å²) in [5.74, 6) is 0. The highest BCUT2D eigenvalue weighted by atomic mass is 32.2. The van der Waals surface area contributed by atoms with Crippen LogP contribution in [0.5, 0.6) is 0 Å². The lowest BCUT2D eigenvalue weighted by Crippen LogP contribution is -2.04. The van der Waals surface area contributed by atoms with Crippen molar-refractivity contribution < 1.29 is 8.78 Å². The van der Waals surface area contributed by atoms with Crippen LogP contribution in [0.15, 0.2) is 29.2 Å². The van der Waals surface area contributed by atoms with Crippen molar-refractivity contribution in [3.8, 4) is 6.07 Å². The van der Waals surface area contributed by atoms with Crippen molar-refractivity contribution in [1.29, 1.82) is 5.26 Å². The first-order valence-corrected chi connectivity index (χ1v) is 4.40. The molecule has 0 atom stereocenters. The second-order valence-corrected chi connectivity index (χ2v) is 3.74. The highest BCUT2D eigenvalue weighted by molar-refractivity contribution is 8.00. The Labute approximate surface area is 79.4 Å². The minimum absolute atomic E-state index is 0.266. The van der Waals surface area contributed by atoms with Gasteiger partial charge in [0.05, 0.1) is 0 Å². The van der Waals surface area contributed by atoms with Crippen LogP contribution in [-0.2, 0) is 0 Å². The first kappa shape index (κ1) is 10.0. The molecule has 1 aromatic rings. The van der Waals surface area contributed by atoms with E-state index in [2.05, 4.69) is 0 Å². The molecule has 0 unspecified atom stereocenters. The summed E-state index contributed by atoms with van der Waals surface area (Å²) in [6.45, 7) is 1.81. The van der Waals surface area contributed by atoms with E-state index in [-0.39, 0.29) is 11.8 Å². The smallest absolute Gasteiger partial charge is 0.191 e. The molecular weight excluding hydrogens is 192 g/mol. The van der Waals surface area contributed by atoms with Crippen LogP contribution in [0.2, 0.25) is 0 Å². The lowest BCUT2D eigenvalue weighted by atomic mass is 10.2. The fourth-order valence-electron chi connectivity index (χ4n) is 0.850. The fraction of sp³-hybridized carbons (Fsp3) is 0.222. The molecule has 68 valence electrons. The first-order valence-electron chi connectivity index (χ1n) is 3.58. The van der Waals surface area contributed by atoms with Crippen molar-refractivity contribution in [3.63, 3.8) is 0 Å².